The Labute approximate surface area is 299 Å². The molecule has 0 radical (unpaired) electrons. The van der Waals surface area contributed by atoms with Gasteiger partial charge < -0.3 is 18.6 Å². The number of azo groups is 2. The number of methoxy groups -OCH3 is 2. The second-order valence-electron chi connectivity index (χ2n) is 8.48. The maximum Gasteiger partial charge on any atom is 1.00 e. The third-order valence-corrected chi connectivity index (χ3v) is 7.47. The van der Waals surface area contributed by atoms with E-state index in [1.807, 2.05) is 0 Å². The van der Waals surface area contributed by atoms with Gasteiger partial charge in [0.05, 0.1) is 46.8 Å². The fourth-order valence-corrected chi connectivity index (χ4v) is 4.97. The molecule has 0 atom stereocenters. The summed E-state index contributed by atoms with van der Waals surface area (Å²) in [5.74, 6) is 1.23. The first kappa shape index (κ1) is 37.4. The van der Waals surface area contributed by atoms with Gasteiger partial charge in [0, 0.05) is 0 Å². The quantitative estimate of drug-likeness (QED) is 0.103. The van der Waals surface area contributed by atoms with Crippen molar-refractivity contribution < 1.29 is 94.5 Å². The van der Waals surface area contributed by atoms with Gasteiger partial charge in [0.25, 0.3) is 0 Å². The van der Waals surface area contributed by atoms with Crippen LogP contribution in [0.4, 0.5) is 22.7 Å². The fourth-order valence-electron chi connectivity index (χ4n) is 3.59. The molecule has 44 heavy (non-hydrogen) atoms. The summed E-state index contributed by atoms with van der Waals surface area (Å²) in [5.41, 5.74) is 1.00. The molecule has 0 spiro atoms. The predicted octanol–water partition coefficient (Wildman–Crippen LogP) is 0.521. The van der Waals surface area contributed by atoms with E-state index in [4.69, 9.17) is 9.47 Å². The molecule has 4 rings (SSSR count). The van der Waals surface area contributed by atoms with Gasteiger partial charge in [0.1, 0.15) is 31.7 Å². The van der Waals surface area contributed by atoms with Crippen molar-refractivity contribution in [1.29, 1.82) is 0 Å². The van der Waals surface area contributed by atoms with Crippen molar-refractivity contribution in [2.24, 2.45) is 20.5 Å². The van der Waals surface area contributed by atoms with Crippen LogP contribution in [0.15, 0.2) is 115 Å². The summed E-state index contributed by atoms with van der Waals surface area (Å²) in [5, 5.41) is 16.0. The Morgan fingerprint density at radius 3 is 1.11 bits per heavy atom. The average Bonchev–Trinajstić information content (AvgIpc) is 2.98. The van der Waals surface area contributed by atoms with Gasteiger partial charge in [-0.2, -0.15) is 20.5 Å². The van der Waals surface area contributed by atoms with Crippen LogP contribution < -0.4 is 68.6 Å². The van der Waals surface area contributed by atoms with Gasteiger partial charge in [-0.05, 0) is 83.9 Å². The first-order valence-corrected chi connectivity index (χ1v) is 14.8. The Hall–Kier alpha value is -2.76. The molecular formula is C28H22N4Na2O8S2. The molecule has 0 saturated carbocycles. The molecule has 0 aliphatic rings. The minimum atomic E-state index is -4.97. The Bertz CT molecular complexity index is 1760. The summed E-state index contributed by atoms with van der Waals surface area (Å²) in [6.07, 6.45) is 2.41. The standard InChI is InChI=1S/C28H24N4O8S2.2Na/c1-39-25-13-9-21(10-14-25)29-31-23-7-5-19(27(17-23)41(33,34)35)3-4-20-6-8-24(18-28(20)42(36,37)38)32-30-22-11-15-26(40-2)16-12-22;;/h3-18H,1-2H3,(H,33,34,35)(H,36,37,38);;/q;2*+1/p-2/b4-3+,31-29?,32-30?;;. The normalized spacial score (nSPS) is 11.8. The molecule has 0 aromatic heterocycles. The summed E-state index contributed by atoms with van der Waals surface area (Å²) in [7, 11) is -6.90. The molecule has 0 saturated heterocycles. The van der Waals surface area contributed by atoms with E-state index in [2.05, 4.69) is 20.5 Å². The van der Waals surface area contributed by atoms with Gasteiger partial charge in [-0.1, -0.05) is 24.3 Å². The summed E-state index contributed by atoms with van der Waals surface area (Å²) >= 11 is 0. The van der Waals surface area contributed by atoms with E-state index in [1.165, 1.54) is 50.6 Å². The molecule has 0 heterocycles. The molecule has 0 fully saturated rings. The third kappa shape index (κ3) is 10.4. The van der Waals surface area contributed by atoms with Crippen molar-refractivity contribution in [3.8, 4) is 11.5 Å². The Balaban J connectivity index is 0.00000337. The molecular weight excluding hydrogens is 630 g/mol. The van der Waals surface area contributed by atoms with Crippen molar-refractivity contribution in [2.75, 3.05) is 14.2 Å². The van der Waals surface area contributed by atoms with Crippen LogP contribution in [0.1, 0.15) is 11.1 Å². The maximum absolute atomic E-state index is 12.0. The molecule has 0 N–H and O–H groups in total. The van der Waals surface area contributed by atoms with Crippen molar-refractivity contribution in [2.45, 2.75) is 9.79 Å². The summed E-state index contributed by atoms with van der Waals surface area (Å²) < 4.78 is 82.2. The van der Waals surface area contributed by atoms with Crippen LogP contribution in [-0.4, -0.2) is 40.2 Å². The topological polar surface area (TPSA) is 182 Å². The predicted molar refractivity (Wildman–Crippen MR) is 152 cm³/mol. The van der Waals surface area contributed by atoms with Crippen LogP contribution in [0.3, 0.4) is 0 Å². The zero-order valence-corrected chi connectivity index (χ0v) is 29.7. The molecule has 4 aromatic carbocycles. The summed E-state index contributed by atoms with van der Waals surface area (Å²) in [6, 6.07) is 20.8. The number of benzene rings is 4. The van der Waals surface area contributed by atoms with Crippen molar-refractivity contribution in [3.63, 3.8) is 0 Å². The molecule has 4 aromatic rings. The zero-order chi connectivity index (χ0) is 30.3. The fraction of sp³-hybridized carbons (Fsp3) is 0.0714. The molecule has 12 nitrogen and oxygen atoms in total. The molecule has 0 aliphatic heterocycles. The number of nitrogens with zero attached hydrogens (tertiary/aromatic N) is 4. The van der Waals surface area contributed by atoms with E-state index in [0.29, 0.717) is 22.9 Å². The Morgan fingerprint density at radius 1 is 0.523 bits per heavy atom. The zero-order valence-electron chi connectivity index (χ0n) is 24.1. The minimum absolute atomic E-state index is 0. The largest absolute Gasteiger partial charge is 1.00 e. The van der Waals surface area contributed by atoms with Crippen molar-refractivity contribution in [3.05, 3.63) is 96.1 Å². The van der Waals surface area contributed by atoms with Crippen molar-refractivity contribution in [1.82, 2.24) is 0 Å². The van der Waals surface area contributed by atoms with E-state index in [1.54, 1.807) is 48.5 Å². The first-order valence-electron chi connectivity index (χ1n) is 12.0. The molecule has 16 heteroatoms. The summed E-state index contributed by atoms with van der Waals surface area (Å²) in [4.78, 5) is -1.22. The Morgan fingerprint density at radius 2 is 0.818 bits per heavy atom. The van der Waals surface area contributed by atoms with Gasteiger partial charge in [-0.15, -0.1) is 0 Å². The number of rotatable bonds is 10. The van der Waals surface area contributed by atoms with Crippen LogP contribution in [-0.2, 0) is 20.2 Å². The van der Waals surface area contributed by atoms with E-state index >= 15 is 0 Å². The van der Waals surface area contributed by atoms with Crippen LogP contribution in [0, 0.1) is 0 Å². The number of hydrogen-bond acceptors (Lipinski definition) is 12. The first-order chi connectivity index (χ1) is 20.0. The van der Waals surface area contributed by atoms with Gasteiger partial charge >= 0.3 is 59.1 Å². The second kappa shape index (κ2) is 16.5. The van der Waals surface area contributed by atoms with Crippen LogP contribution >= 0.6 is 0 Å². The molecule has 216 valence electrons. The van der Waals surface area contributed by atoms with E-state index in [-0.39, 0.29) is 81.6 Å². The van der Waals surface area contributed by atoms with Gasteiger partial charge in [0.2, 0.25) is 0 Å². The SMILES string of the molecule is COc1ccc(N=Nc2ccc(/C=C/c3ccc(N=Nc4ccc(OC)cc4)cc3S(=O)(=O)[O-])c(S(=O)(=O)[O-])c2)cc1.[Na+].[Na+]. The third-order valence-electron chi connectivity index (χ3n) is 5.68. The van der Waals surface area contributed by atoms with Gasteiger partial charge in [0.15, 0.2) is 0 Å². The van der Waals surface area contributed by atoms with E-state index in [0.717, 1.165) is 12.1 Å². The van der Waals surface area contributed by atoms with Crippen molar-refractivity contribution >= 4 is 55.1 Å². The second-order valence-corrected chi connectivity index (χ2v) is 11.2. The van der Waals surface area contributed by atoms with E-state index < -0.39 is 30.0 Å². The van der Waals surface area contributed by atoms with Gasteiger partial charge in [-0.3, -0.25) is 0 Å². The molecule has 0 unspecified atom stereocenters. The molecule has 0 aliphatic carbocycles. The monoisotopic (exact) mass is 652 g/mol. The molecule has 0 bridgehead atoms. The number of ether oxygens (including phenoxy) is 2. The van der Waals surface area contributed by atoms with E-state index in [9.17, 15) is 25.9 Å². The van der Waals surface area contributed by atoms with Gasteiger partial charge in [-0.25, -0.2) is 16.8 Å². The smallest absolute Gasteiger partial charge is 0.744 e. The van der Waals surface area contributed by atoms with Crippen LogP contribution in [0.2, 0.25) is 0 Å². The van der Waals surface area contributed by atoms with Crippen LogP contribution in [0.5, 0.6) is 11.5 Å². The average molecular weight is 653 g/mol. The Kier molecular flexibility index (Phi) is 14.1. The maximum atomic E-state index is 12.0. The summed E-state index contributed by atoms with van der Waals surface area (Å²) in [6.45, 7) is 0. The minimum Gasteiger partial charge on any atom is -0.744 e. The molecule has 0 amide bonds. The van der Waals surface area contributed by atoms with Crippen LogP contribution in [0.25, 0.3) is 12.2 Å². The number of hydrogen-bond donors (Lipinski definition) is 0.